The number of carboxylic acid groups (broad SMARTS) is 1. The van der Waals surface area contributed by atoms with Gasteiger partial charge in [0.2, 0.25) is 5.91 Å². The van der Waals surface area contributed by atoms with E-state index in [1.165, 1.54) is 17.8 Å². The summed E-state index contributed by atoms with van der Waals surface area (Å²) in [6, 6.07) is 12.5. The highest BCUT2D eigenvalue weighted by Gasteiger charge is 2.42. The molecule has 2 atom stereocenters. The van der Waals surface area contributed by atoms with Gasteiger partial charge in [-0.05, 0) is 48.1 Å². The number of aromatic hydroxyl groups is 1. The number of phenolic OH excluding ortho intramolecular Hbond substituents is 1. The molecule has 0 saturated heterocycles. The van der Waals surface area contributed by atoms with Gasteiger partial charge in [-0.2, -0.15) is 0 Å². The standard InChI is InChI=1S/C21H20ClNO4S/c1-21(17(20(26)27)10-11-28-21)23-19(25)9-4-13-2-5-14(6-3-13)16-8-7-15(24)12-18(16)22/h2-3,5-8,10-12,17,24H,4,9H2,1H3,(H,23,25)(H,26,27). The molecule has 0 bridgehead atoms. The predicted molar refractivity (Wildman–Crippen MR) is 111 cm³/mol. The number of amides is 1. The van der Waals surface area contributed by atoms with Crippen molar-refractivity contribution in [2.45, 2.75) is 24.6 Å². The average molecular weight is 418 g/mol. The number of carbonyl (C=O) groups excluding carboxylic acids is 1. The molecule has 0 aliphatic carbocycles. The van der Waals surface area contributed by atoms with E-state index >= 15 is 0 Å². The molecule has 5 nitrogen and oxygen atoms in total. The number of aliphatic carboxylic acids is 1. The van der Waals surface area contributed by atoms with E-state index in [2.05, 4.69) is 5.32 Å². The lowest BCUT2D eigenvalue weighted by Crippen LogP contribution is -2.49. The van der Waals surface area contributed by atoms with Gasteiger partial charge < -0.3 is 15.5 Å². The normalized spacial score (nSPS) is 20.9. The zero-order valence-electron chi connectivity index (χ0n) is 15.2. The van der Waals surface area contributed by atoms with Crippen molar-refractivity contribution < 1.29 is 19.8 Å². The van der Waals surface area contributed by atoms with Crippen molar-refractivity contribution in [3.8, 4) is 16.9 Å². The first kappa shape index (κ1) is 20.3. The molecule has 1 aliphatic heterocycles. The fourth-order valence-electron chi connectivity index (χ4n) is 3.13. The van der Waals surface area contributed by atoms with Crippen LogP contribution in [0.15, 0.2) is 53.9 Å². The molecule has 3 rings (SSSR count). The van der Waals surface area contributed by atoms with Crippen LogP contribution >= 0.6 is 23.4 Å². The summed E-state index contributed by atoms with van der Waals surface area (Å²) in [7, 11) is 0. The summed E-state index contributed by atoms with van der Waals surface area (Å²) < 4.78 is 0. The Morgan fingerprint density at radius 2 is 1.93 bits per heavy atom. The van der Waals surface area contributed by atoms with E-state index in [1.807, 2.05) is 24.3 Å². The van der Waals surface area contributed by atoms with Crippen LogP contribution < -0.4 is 5.32 Å². The summed E-state index contributed by atoms with van der Waals surface area (Å²) in [6.07, 6.45) is 2.41. The highest BCUT2D eigenvalue weighted by atomic mass is 35.5. The van der Waals surface area contributed by atoms with Crippen LogP contribution in [0.2, 0.25) is 5.02 Å². The summed E-state index contributed by atoms with van der Waals surface area (Å²) in [5, 5.41) is 23.8. The van der Waals surface area contributed by atoms with Crippen molar-refractivity contribution in [2.75, 3.05) is 0 Å². The Kier molecular flexibility index (Phi) is 6.01. The molecule has 1 amide bonds. The lowest BCUT2D eigenvalue weighted by molar-refractivity contribution is -0.141. The third-order valence-corrected chi connectivity index (χ3v) is 6.14. The van der Waals surface area contributed by atoms with Crippen LogP contribution in [0.5, 0.6) is 5.75 Å². The Bertz CT molecular complexity index is 929. The summed E-state index contributed by atoms with van der Waals surface area (Å²) >= 11 is 7.48. The number of thioether (sulfide) groups is 1. The van der Waals surface area contributed by atoms with E-state index in [-0.39, 0.29) is 18.1 Å². The van der Waals surface area contributed by atoms with Crippen molar-refractivity contribution in [1.82, 2.24) is 5.32 Å². The fourth-order valence-corrected chi connectivity index (χ4v) is 4.43. The molecular formula is C21H20ClNO4S. The number of nitrogens with one attached hydrogen (secondary N) is 1. The highest BCUT2D eigenvalue weighted by molar-refractivity contribution is 8.03. The number of hydrogen-bond donors (Lipinski definition) is 3. The number of carboxylic acids is 1. The van der Waals surface area contributed by atoms with Crippen LogP contribution in [0.1, 0.15) is 18.9 Å². The molecule has 146 valence electrons. The van der Waals surface area contributed by atoms with Gasteiger partial charge in [0, 0.05) is 12.0 Å². The summed E-state index contributed by atoms with van der Waals surface area (Å²) in [6.45, 7) is 1.73. The zero-order chi connectivity index (χ0) is 20.3. The van der Waals surface area contributed by atoms with Crippen molar-refractivity contribution >= 4 is 35.2 Å². The van der Waals surface area contributed by atoms with Gasteiger partial charge >= 0.3 is 5.97 Å². The van der Waals surface area contributed by atoms with Crippen molar-refractivity contribution in [3.05, 3.63) is 64.5 Å². The van der Waals surface area contributed by atoms with Gasteiger partial charge in [0.15, 0.2) is 0 Å². The Balaban J connectivity index is 1.59. The monoisotopic (exact) mass is 417 g/mol. The van der Waals surface area contributed by atoms with E-state index in [9.17, 15) is 19.8 Å². The molecule has 2 unspecified atom stereocenters. The first-order chi connectivity index (χ1) is 13.3. The van der Waals surface area contributed by atoms with Gasteiger partial charge in [-0.1, -0.05) is 41.9 Å². The maximum atomic E-state index is 12.3. The third-order valence-electron chi connectivity index (χ3n) is 4.69. The Morgan fingerprint density at radius 1 is 1.21 bits per heavy atom. The van der Waals surface area contributed by atoms with Gasteiger partial charge in [-0.3, -0.25) is 9.59 Å². The maximum Gasteiger partial charge on any atom is 0.313 e. The number of halogens is 1. The maximum absolute atomic E-state index is 12.3. The Labute approximate surface area is 172 Å². The number of aryl methyl sites for hydroxylation is 1. The zero-order valence-corrected chi connectivity index (χ0v) is 16.8. The van der Waals surface area contributed by atoms with E-state index in [0.29, 0.717) is 11.4 Å². The van der Waals surface area contributed by atoms with E-state index in [0.717, 1.165) is 16.7 Å². The molecule has 0 fully saturated rings. The molecule has 28 heavy (non-hydrogen) atoms. The van der Waals surface area contributed by atoms with Crippen LogP contribution in [0, 0.1) is 5.92 Å². The minimum absolute atomic E-state index is 0.117. The average Bonchev–Trinajstić information content (AvgIpc) is 3.02. The number of phenols is 1. The topological polar surface area (TPSA) is 86.6 Å². The third kappa shape index (κ3) is 4.51. The molecule has 7 heteroatoms. The number of hydrogen-bond acceptors (Lipinski definition) is 4. The lowest BCUT2D eigenvalue weighted by Gasteiger charge is -2.29. The summed E-state index contributed by atoms with van der Waals surface area (Å²) in [4.78, 5) is 22.8. The van der Waals surface area contributed by atoms with Gasteiger partial charge in [0.1, 0.15) is 16.5 Å². The van der Waals surface area contributed by atoms with Crippen LogP contribution in [0.25, 0.3) is 11.1 Å². The van der Waals surface area contributed by atoms with Gasteiger partial charge in [0.05, 0.1) is 5.02 Å². The highest BCUT2D eigenvalue weighted by Crippen LogP contribution is 2.39. The van der Waals surface area contributed by atoms with Crippen LogP contribution in [-0.2, 0) is 16.0 Å². The van der Waals surface area contributed by atoms with Crippen LogP contribution in [0.3, 0.4) is 0 Å². The SMILES string of the molecule is CC1(NC(=O)CCc2ccc(-c3ccc(O)cc3Cl)cc2)SC=CC1C(=O)O. The largest absolute Gasteiger partial charge is 0.508 e. The van der Waals surface area contributed by atoms with Crippen molar-refractivity contribution in [1.29, 1.82) is 0 Å². The molecule has 2 aromatic rings. The van der Waals surface area contributed by atoms with Crippen LogP contribution in [-0.4, -0.2) is 27.0 Å². The van der Waals surface area contributed by atoms with E-state index in [4.69, 9.17) is 11.6 Å². The van der Waals surface area contributed by atoms with Crippen molar-refractivity contribution in [2.24, 2.45) is 5.92 Å². The smallest absolute Gasteiger partial charge is 0.313 e. The molecule has 2 aromatic carbocycles. The molecule has 0 saturated carbocycles. The van der Waals surface area contributed by atoms with Crippen LogP contribution in [0.4, 0.5) is 0 Å². The Hall–Kier alpha value is -2.44. The number of benzene rings is 2. The lowest BCUT2D eigenvalue weighted by atomic mass is 10.00. The second-order valence-corrected chi connectivity index (χ2v) is 8.54. The fraction of sp³-hybridized carbons (Fsp3) is 0.238. The Morgan fingerprint density at radius 3 is 2.57 bits per heavy atom. The number of carbonyl (C=O) groups is 2. The molecule has 3 N–H and O–H groups in total. The summed E-state index contributed by atoms with van der Waals surface area (Å²) in [5.74, 6) is -1.76. The van der Waals surface area contributed by atoms with E-state index < -0.39 is 16.8 Å². The quantitative estimate of drug-likeness (QED) is 0.646. The molecule has 1 aliphatic rings. The first-order valence-corrected chi connectivity index (χ1v) is 10.0. The second kappa shape index (κ2) is 8.29. The predicted octanol–water partition coefficient (Wildman–Crippen LogP) is 4.44. The molecule has 0 radical (unpaired) electrons. The van der Waals surface area contributed by atoms with Gasteiger partial charge in [0.25, 0.3) is 0 Å². The van der Waals surface area contributed by atoms with E-state index in [1.54, 1.807) is 30.5 Å². The van der Waals surface area contributed by atoms with Crippen molar-refractivity contribution in [3.63, 3.8) is 0 Å². The minimum Gasteiger partial charge on any atom is -0.508 e. The summed E-state index contributed by atoms with van der Waals surface area (Å²) in [5.41, 5.74) is 2.73. The number of rotatable bonds is 6. The molecular weight excluding hydrogens is 398 g/mol. The minimum atomic E-state index is -0.951. The second-order valence-electron chi connectivity index (χ2n) is 6.78. The molecule has 0 aromatic heterocycles. The van der Waals surface area contributed by atoms with Gasteiger partial charge in [-0.15, -0.1) is 11.8 Å². The van der Waals surface area contributed by atoms with Gasteiger partial charge in [-0.25, -0.2) is 0 Å². The molecule has 1 heterocycles. The first-order valence-electron chi connectivity index (χ1n) is 8.74. The molecule has 0 spiro atoms.